The standard InChI is InChI=1S/C26H34N3O3S.2C23H30N3O3S.C20H24N4OS.C20H24N3OS/c30-16-13-28(14-17-31)24-7-5-21(6-8-24)19-22-3-1-4-23-20-27(12-9-25(22)23)10-2-11-29-15-18-33-26(29)32;27-17-14-25(15-18-28)22-6-4-20(5-7-22)2-3-21-8-12-24(13-9-21)10-1-11-26-16-19-30-23(26)29;27-17-14-25(15-18-28)22-9-6-20(7-10-22)5-8-21-4-1-2-11-24(21)12-3-13-26-16-19-30-23(26)29;1-21-19-15-22-10-9-17(19)6-3-16-4-7-18(8-5-16)23(2)11-12-24-13-14-26-20(24)25;1-21-11-9-18(10-12-21)4-3-17-5-7-19(8-6-17)22(2)13-14-23-15-16-25-20(23)24/h5-9,12,19-20,30-31H,1-4,10-11,13-18H2;2-9,12-13,27-28H,1,10-11,14-19H2;1-2,4-11,27-28H,3,12-19H2;3-10,15,21H,11-14H2,1-2H3;3-12H,13-16H2,1-2H3/q3*+1;;+1/p+2/b;;;6-3+;. The molecule has 10 aromatic rings. The molecule has 5 aromatic carbocycles. The van der Waals surface area contributed by atoms with Crippen molar-refractivity contribution in [1.82, 2.24) is 24.5 Å². The molecule has 0 spiro atoms. The molecule has 0 atom stereocenters. The number of aryl methyl sites for hydroxylation is 5. The fourth-order valence-electron chi connectivity index (χ4n) is 17.2. The number of likely N-dealkylation sites (N-methyl/N-ethyl adjacent to an activating group) is 2. The molecule has 1 aliphatic carbocycles. The van der Waals surface area contributed by atoms with E-state index in [4.69, 9.17) is 10.2 Å². The van der Waals surface area contributed by atoms with Gasteiger partial charge < -0.3 is 85.0 Å². The van der Waals surface area contributed by atoms with E-state index < -0.39 is 0 Å². The van der Waals surface area contributed by atoms with Gasteiger partial charge in [0, 0.05) is 274 Å². The summed E-state index contributed by atoms with van der Waals surface area (Å²) in [4.78, 5) is 81.5. The molecule has 16 rings (SSSR count). The summed E-state index contributed by atoms with van der Waals surface area (Å²) in [5, 5.41) is 58.4. The van der Waals surface area contributed by atoms with Crippen LogP contribution in [0.3, 0.4) is 0 Å². The fraction of sp³-hybridized carbons (Fsp3) is 0.375. The summed E-state index contributed by atoms with van der Waals surface area (Å²) in [5.74, 6) is 4.58. The van der Waals surface area contributed by atoms with E-state index >= 15 is 0 Å². The molecule has 0 unspecified atom stereocenters. The Morgan fingerprint density at radius 1 is 0.375 bits per heavy atom. The zero-order valence-corrected chi connectivity index (χ0v) is 87.7. The Hall–Kier alpha value is -11.6. The van der Waals surface area contributed by atoms with Crippen LogP contribution in [-0.2, 0) is 33.1 Å². The first kappa shape index (κ1) is 111. The summed E-state index contributed by atoms with van der Waals surface area (Å²) in [6.07, 6.45) is 44.0. The number of quaternary nitrogens is 1. The van der Waals surface area contributed by atoms with E-state index in [1.807, 2.05) is 143 Å². The number of carbonyl (C=O) groups is 5. The number of anilines is 5. The molecule has 9 N–H and O–H groups in total. The van der Waals surface area contributed by atoms with Crippen molar-refractivity contribution in [3.05, 3.63) is 293 Å². The van der Waals surface area contributed by atoms with E-state index in [0.717, 1.165) is 205 Å². The number of carbonyl (C=O) groups excluding carboxylic acids is 5. The number of amides is 5. The van der Waals surface area contributed by atoms with Crippen molar-refractivity contribution in [3.8, 4) is 0 Å². The highest BCUT2D eigenvalue weighted by atomic mass is 32.2. The first-order valence-corrected chi connectivity index (χ1v) is 54.9. The molecule has 10 heterocycles. The Bertz CT molecular complexity index is 5780. The zero-order chi connectivity index (χ0) is 101. The lowest BCUT2D eigenvalue weighted by Gasteiger charge is -2.23. The SMILES string of the molecule is CN(CCN1CCSC1=O)c1ccc(/C=C/c2cc[n+](C)cc2)cc1.C[NH2+]c1c[nH+]ccc1/C=C/c1ccc(N(C)CCN2CCSC2=O)cc1.O=C1SCCN1CCC[n+]1ccc(/C=C/c2ccc(N(CCO)CCO)cc2)cc1.O=C1SCCN1CCC[n+]1ccc2c(c1)CCC/C2=C\c1ccc(N(CCO)CCO)cc1.O=C1SCCN1CCC[n+]1ccccc1/C=C/c1ccc(N(CCO)CCO)cc1. The van der Waals surface area contributed by atoms with Crippen LogP contribution in [-0.4, -0.2) is 289 Å². The number of hydrogen-bond donors (Lipinski definition) is 7. The molecule has 5 aliphatic heterocycles. The molecule has 6 aliphatic rings. The van der Waals surface area contributed by atoms with Crippen molar-refractivity contribution in [2.24, 2.45) is 7.05 Å². The predicted octanol–water partition coefficient (Wildman–Crippen LogP) is 13.6. The average molecular weight is 2050 g/mol. The number of aliphatic hydroxyl groups excluding tert-OH is 6. The largest absolute Gasteiger partial charge is 0.395 e. The summed E-state index contributed by atoms with van der Waals surface area (Å²) >= 11 is 7.09. The van der Waals surface area contributed by atoms with Gasteiger partial charge in [-0.2, -0.15) is 4.57 Å². The van der Waals surface area contributed by atoms with Gasteiger partial charge >= 0.3 is 0 Å². The number of benzene rings is 5. The van der Waals surface area contributed by atoms with Crippen LogP contribution in [0.25, 0.3) is 60.3 Å². The highest BCUT2D eigenvalue weighted by molar-refractivity contribution is 8.14. The number of aromatic amines is 1. The number of thioether (sulfide) groups is 5. The predicted molar refractivity (Wildman–Crippen MR) is 593 cm³/mol. The Morgan fingerprint density at radius 3 is 1.14 bits per heavy atom. The lowest BCUT2D eigenvalue weighted by atomic mass is 9.87. The molecule has 0 radical (unpaired) electrons. The van der Waals surface area contributed by atoms with Gasteiger partial charge in [-0.15, -0.1) is 0 Å². The maximum atomic E-state index is 11.8. The van der Waals surface area contributed by atoms with Crippen LogP contribution in [0, 0.1) is 0 Å². The quantitative estimate of drug-likeness (QED) is 0.0175. The van der Waals surface area contributed by atoms with Gasteiger partial charge in [-0.3, -0.25) is 24.0 Å². The van der Waals surface area contributed by atoms with Crippen LogP contribution < -0.4 is 53.1 Å². The topological polar surface area (TPSA) is 285 Å². The minimum Gasteiger partial charge on any atom is -0.395 e. The molecular formula is C112H144N16O11S5+6. The number of nitrogens with one attached hydrogen (secondary N) is 1. The van der Waals surface area contributed by atoms with Crippen LogP contribution >= 0.6 is 58.8 Å². The van der Waals surface area contributed by atoms with Crippen LogP contribution in [0.5, 0.6) is 0 Å². The summed E-state index contributed by atoms with van der Waals surface area (Å²) in [5.41, 5.74) is 20.9. The maximum Gasteiger partial charge on any atom is 0.281 e. The number of rotatable bonds is 45. The van der Waals surface area contributed by atoms with E-state index in [9.17, 15) is 44.4 Å². The molecule has 0 saturated carbocycles. The van der Waals surface area contributed by atoms with E-state index in [-0.39, 0.29) is 65.8 Å². The van der Waals surface area contributed by atoms with E-state index in [1.54, 1.807) is 0 Å². The van der Waals surface area contributed by atoms with E-state index in [0.29, 0.717) is 39.3 Å². The lowest BCUT2D eigenvalue weighted by molar-refractivity contribution is -0.698. The van der Waals surface area contributed by atoms with Crippen molar-refractivity contribution < 1.29 is 83.2 Å². The van der Waals surface area contributed by atoms with Crippen molar-refractivity contribution in [3.63, 3.8) is 0 Å². The minimum absolute atomic E-state index is 0.0560. The summed E-state index contributed by atoms with van der Waals surface area (Å²) in [6, 6.07) is 60.4. The average Bonchev–Trinajstić information content (AvgIpc) is 1.09. The van der Waals surface area contributed by atoms with Crippen LogP contribution in [0.2, 0.25) is 0 Å². The Labute approximate surface area is 871 Å². The van der Waals surface area contributed by atoms with Gasteiger partial charge in [0.15, 0.2) is 56.1 Å². The summed E-state index contributed by atoms with van der Waals surface area (Å²) in [6.45, 7) is 16.2. The number of hydrogen-bond acceptors (Lipinski definition) is 21. The molecular weight excluding hydrogens is 1910 g/mol. The first-order valence-electron chi connectivity index (χ1n) is 50.0. The minimum atomic E-state index is 0.0560. The van der Waals surface area contributed by atoms with E-state index in [1.165, 1.54) is 120 Å². The molecule has 27 nitrogen and oxygen atoms in total. The van der Waals surface area contributed by atoms with Crippen LogP contribution in [0.15, 0.2) is 232 Å². The monoisotopic (exact) mass is 2050 g/mol. The molecule has 5 fully saturated rings. The lowest BCUT2D eigenvalue weighted by Crippen LogP contribution is -2.73. The van der Waals surface area contributed by atoms with Gasteiger partial charge in [-0.05, 0) is 148 Å². The van der Waals surface area contributed by atoms with Gasteiger partial charge in [0.1, 0.15) is 20.1 Å². The number of aliphatic hydroxyl groups is 6. The molecule has 5 saturated heterocycles. The van der Waals surface area contributed by atoms with Crippen LogP contribution in [0.1, 0.15) is 93.4 Å². The number of pyridine rings is 5. The number of nitrogens with two attached hydrogens (primary N) is 1. The van der Waals surface area contributed by atoms with Crippen LogP contribution in [0.4, 0.5) is 58.1 Å². The van der Waals surface area contributed by atoms with Crippen molar-refractivity contribution in [2.45, 2.75) is 58.2 Å². The zero-order valence-electron chi connectivity index (χ0n) is 83.6. The molecule has 5 amide bonds. The smallest absolute Gasteiger partial charge is 0.281 e. The fourth-order valence-corrected chi connectivity index (χ4v) is 21.4. The maximum absolute atomic E-state index is 11.8. The van der Waals surface area contributed by atoms with Crippen molar-refractivity contribution >= 4 is 179 Å². The number of allylic oxidation sites excluding steroid dienone is 1. The number of H-pyrrole nitrogens is 1. The number of nitrogens with zero attached hydrogens (tertiary/aromatic N) is 14. The third-order valence-corrected chi connectivity index (χ3v) is 29.9. The van der Waals surface area contributed by atoms with Gasteiger partial charge in [0.25, 0.3) is 26.2 Å². The second-order valence-corrected chi connectivity index (χ2v) is 40.7. The molecule has 0 bridgehead atoms. The summed E-state index contributed by atoms with van der Waals surface area (Å²) < 4.78 is 8.65. The normalized spacial score (nSPS) is 14.9. The van der Waals surface area contributed by atoms with Gasteiger partial charge in [0.05, 0.1) is 46.7 Å². The Morgan fingerprint density at radius 2 is 0.736 bits per heavy atom. The number of aromatic nitrogens is 5. The third-order valence-electron chi connectivity index (χ3n) is 25.5. The van der Waals surface area contributed by atoms with Gasteiger partial charge in [0.2, 0.25) is 17.6 Å². The Balaban J connectivity index is 0.000000161. The number of fused-ring (bicyclic) bond motifs is 1. The van der Waals surface area contributed by atoms with Crippen molar-refractivity contribution in [1.29, 1.82) is 0 Å². The first-order chi connectivity index (χ1) is 70.4. The van der Waals surface area contributed by atoms with Gasteiger partial charge in [-0.25, -0.2) is 18.7 Å². The van der Waals surface area contributed by atoms with Crippen molar-refractivity contribution in [2.75, 3.05) is 232 Å². The third kappa shape index (κ3) is 36.2. The highest BCUT2D eigenvalue weighted by Crippen LogP contribution is 2.33. The molecule has 5 aromatic heterocycles. The summed E-state index contributed by atoms with van der Waals surface area (Å²) in [7, 11) is 8.20. The highest BCUT2D eigenvalue weighted by Gasteiger charge is 2.27. The second-order valence-electron chi connectivity index (χ2n) is 35.5. The molecule has 144 heavy (non-hydrogen) atoms. The Kier molecular flexibility index (Phi) is 47.1. The van der Waals surface area contributed by atoms with E-state index in [2.05, 4.69) is 249 Å². The molecule has 762 valence electrons. The van der Waals surface area contributed by atoms with Gasteiger partial charge in [-0.1, -0.05) is 156 Å². The second kappa shape index (κ2) is 61.0. The molecule has 32 heteroatoms.